The van der Waals surface area contributed by atoms with Crippen molar-refractivity contribution in [2.24, 2.45) is 17.6 Å². The average Bonchev–Trinajstić information content (AvgIpc) is 2.27. The van der Waals surface area contributed by atoms with Crippen LogP contribution in [0.15, 0.2) is 0 Å². The van der Waals surface area contributed by atoms with Gasteiger partial charge in [0.15, 0.2) is 0 Å². The highest BCUT2D eigenvalue weighted by molar-refractivity contribution is 7.99. The van der Waals surface area contributed by atoms with Crippen LogP contribution in [0.25, 0.3) is 0 Å². The maximum Gasteiger partial charge on any atom is 0.0337 e. The molecule has 0 radical (unpaired) electrons. The van der Waals surface area contributed by atoms with Gasteiger partial charge in [-0.25, -0.2) is 0 Å². The Morgan fingerprint density at radius 2 is 1.88 bits per heavy atom. The van der Waals surface area contributed by atoms with Gasteiger partial charge in [-0.2, -0.15) is 11.8 Å². The zero-order chi connectivity index (χ0) is 12.5. The molecule has 1 aliphatic carbocycles. The zero-order valence-corrected chi connectivity index (χ0v) is 12.4. The summed E-state index contributed by atoms with van der Waals surface area (Å²) in [6.07, 6.45) is 4.01. The maximum atomic E-state index is 6.19. The van der Waals surface area contributed by atoms with Gasteiger partial charge in [-0.15, -0.1) is 0 Å². The first-order valence-corrected chi connectivity index (χ1v) is 8.17. The molecular weight excluding hydrogens is 228 g/mol. The lowest BCUT2D eigenvalue weighted by Gasteiger charge is -2.51. The van der Waals surface area contributed by atoms with Crippen LogP contribution in [0, 0.1) is 11.8 Å². The summed E-state index contributed by atoms with van der Waals surface area (Å²) in [5.74, 6) is 2.96. The number of hydrogen-bond acceptors (Lipinski definition) is 3. The number of nitrogens with two attached hydrogens (primary N) is 1. The van der Waals surface area contributed by atoms with Crippen molar-refractivity contribution >= 4 is 11.8 Å². The van der Waals surface area contributed by atoms with E-state index in [-0.39, 0.29) is 0 Å². The van der Waals surface area contributed by atoms with Crippen molar-refractivity contribution in [2.75, 3.05) is 25.4 Å². The molecule has 0 amide bonds. The molecule has 1 saturated heterocycles. The maximum absolute atomic E-state index is 6.19. The molecular formula is C14H28N2S. The van der Waals surface area contributed by atoms with Gasteiger partial charge in [0.05, 0.1) is 0 Å². The van der Waals surface area contributed by atoms with E-state index in [1.165, 1.54) is 38.1 Å². The molecule has 2 fully saturated rings. The first-order valence-electron chi connectivity index (χ1n) is 7.12. The van der Waals surface area contributed by atoms with Gasteiger partial charge < -0.3 is 5.73 Å². The van der Waals surface area contributed by atoms with E-state index in [1.807, 2.05) is 0 Å². The van der Waals surface area contributed by atoms with E-state index >= 15 is 0 Å². The standard InChI is InChI=1S/C14H28N2S/c1-11-6-12(2)8-14(7-11,10-15)16-4-5-17-13(3)9-16/h11-13H,4-10,15H2,1-3H3. The summed E-state index contributed by atoms with van der Waals surface area (Å²) >= 11 is 2.11. The molecule has 2 rings (SSSR count). The zero-order valence-electron chi connectivity index (χ0n) is 11.6. The van der Waals surface area contributed by atoms with Crippen LogP contribution >= 0.6 is 11.8 Å². The molecule has 2 nitrogen and oxygen atoms in total. The van der Waals surface area contributed by atoms with Gasteiger partial charge in [0.25, 0.3) is 0 Å². The first kappa shape index (κ1) is 13.7. The SMILES string of the molecule is CC1CC(C)CC(CN)(N2CCSC(C)C2)C1. The van der Waals surface area contributed by atoms with Crippen molar-refractivity contribution in [1.82, 2.24) is 4.90 Å². The molecule has 1 aliphatic heterocycles. The Balaban J connectivity index is 2.11. The molecule has 0 bridgehead atoms. The molecule has 1 heterocycles. The predicted molar refractivity (Wildman–Crippen MR) is 77.5 cm³/mol. The van der Waals surface area contributed by atoms with Gasteiger partial charge in [-0.05, 0) is 31.1 Å². The van der Waals surface area contributed by atoms with Crippen LogP contribution in [0.2, 0.25) is 0 Å². The second kappa shape index (κ2) is 5.50. The third kappa shape index (κ3) is 2.99. The van der Waals surface area contributed by atoms with Gasteiger partial charge >= 0.3 is 0 Å². The van der Waals surface area contributed by atoms with Gasteiger partial charge in [-0.1, -0.05) is 20.8 Å². The number of rotatable bonds is 2. The van der Waals surface area contributed by atoms with Crippen molar-refractivity contribution < 1.29 is 0 Å². The van der Waals surface area contributed by atoms with Crippen molar-refractivity contribution in [3.8, 4) is 0 Å². The lowest BCUT2D eigenvalue weighted by atomic mass is 9.70. The summed E-state index contributed by atoms with van der Waals surface area (Å²) in [7, 11) is 0. The number of thioether (sulfide) groups is 1. The lowest BCUT2D eigenvalue weighted by molar-refractivity contribution is 0.0225. The molecule has 2 N–H and O–H groups in total. The molecule has 100 valence electrons. The van der Waals surface area contributed by atoms with Crippen LogP contribution < -0.4 is 5.73 Å². The van der Waals surface area contributed by atoms with Gasteiger partial charge in [0.1, 0.15) is 0 Å². The Morgan fingerprint density at radius 1 is 1.24 bits per heavy atom. The molecule has 3 heteroatoms. The van der Waals surface area contributed by atoms with Crippen molar-refractivity contribution in [3.05, 3.63) is 0 Å². The molecule has 17 heavy (non-hydrogen) atoms. The summed E-state index contributed by atoms with van der Waals surface area (Å²) < 4.78 is 0. The molecule has 0 aromatic heterocycles. The van der Waals surface area contributed by atoms with Crippen LogP contribution in [0.5, 0.6) is 0 Å². The molecule has 2 aliphatic rings. The molecule has 0 aromatic carbocycles. The predicted octanol–water partition coefficient (Wildman–Crippen LogP) is 2.58. The largest absolute Gasteiger partial charge is 0.329 e. The van der Waals surface area contributed by atoms with E-state index in [1.54, 1.807) is 0 Å². The van der Waals surface area contributed by atoms with E-state index in [0.29, 0.717) is 5.54 Å². The van der Waals surface area contributed by atoms with Crippen LogP contribution in [0.1, 0.15) is 40.0 Å². The minimum absolute atomic E-state index is 0.312. The summed E-state index contributed by atoms with van der Waals surface area (Å²) in [5.41, 5.74) is 6.50. The van der Waals surface area contributed by atoms with Crippen LogP contribution in [-0.2, 0) is 0 Å². The summed E-state index contributed by atoms with van der Waals surface area (Å²) in [4.78, 5) is 2.72. The highest BCUT2D eigenvalue weighted by Gasteiger charge is 2.42. The second-order valence-corrected chi connectivity index (χ2v) is 7.96. The van der Waals surface area contributed by atoms with E-state index in [0.717, 1.165) is 23.6 Å². The Hall–Kier alpha value is 0.270. The first-order chi connectivity index (χ1) is 8.05. The molecule has 0 spiro atoms. The van der Waals surface area contributed by atoms with E-state index < -0.39 is 0 Å². The van der Waals surface area contributed by atoms with Crippen molar-refractivity contribution in [3.63, 3.8) is 0 Å². The Bertz CT molecular complexity index is 247. The molecule has 1 saturated carbocycles. The topological polar surface area (TPSA) is 29.3 Å². The third-order valence-corrected chi connectivity index (χ3v) is 5.69. The van der Waals surface area contributed by atoms with Gasteiger partial charge in [-0.3, -0.25) is 4.90 Å². The Labute approximate surface area is 111 Å². The number of hydrogen-bond donors (Lipinski definition) is 1. The second-order valence-electron chi connectivity index (χ2n) is 6.41. The summed E-state index contributed by atoms with van der Waals surface area (Å²) in [6, 6.07) is 0. The van der Waals surface area contributed by atoms with E-state index in [2.05, 4.69) is 37.4 Å². The third-order valence-electron chi connectivity index (χ3n) is 4.55. The van der Waals surface area contributed by atoms with Crippen LogP contribution in [-0.4, -0.2) is 41.1 Å². The number of nitrogens with zero attached hydrogens (tertiary/aromatic N) is 1. The lowest BCUT2D eigenvalue weighted by Crippen LogP contribution is -2.60. The monoisotopic (exact) mass is 256 g/mol. The minimum atomic E-state index is 0.312. The fraction of sp³-hybridized carbons (Fsp3) is 1.00. The average molecular weight is 256 g/mol. The highest BCUT2D eigenvalue weighted by Crippen LogP contribution is 2.40. The van der Waals surface area contributed by atoms with E-state index in [4.69, 9.17) is 5.73 Å². The van der Waals surface area contributed by atoms with Gasteiger partial charge in [0, 0.05) is 36.2 Å². The Kier molecular flexibility index (Phi) is 4.43. The minimum Gasteiger partial charge on any atom is -0.329 e. The fourth-order valence-electron chi connectivity index (χ4n) is 4.04. The molecule has 0 aromatic rings. The molecule has 3 atom stereocenters. The van der Waals surface area contributed by atoms with Crippen LogP contribution in [0.4, 0.5) is 0 Å². The normalized spacial score (nSPS) is 44.8. The molecule has 3 unspecified atom stereocenters. The highest BCUT2D eigenvalue weighted by atomic mass is 32.2. The Morgan fingerprint density at radius 3 is 2.41 bits per heavy atom. The van der Waals surface area contributed by atoms with Crippen molar-refractivity contribution in [1.29, 1.82) is 0 Å². The summed E-state index contributed by atoms with van der Waals surface area (Å²) in [6.45, 7) is 10.5. The quantitative estimate of drug-likeness (QED) is 0.823. The van der Waals surface area contributed by atoms with Crippen LogP contribution in [0.3, 0.4) is 0 Å². The smallest absolute Gasteiger partial charge is 0.0337 e. The van der Waals surface area contributed by atoms with Crippen molar-refractivity contribution in [2.45, 2.75) is 50.8 Å². The van der Waals surface area contributed by atoms with E-state index in [9.17, 15) is 0 Å². The summed E-state index contributed by atoms with van der Waals surface area (Å²) in [5, 5.41) is 0.778. The fourth-order valence-corrected chi connectivity index (χ4v) is 5.05. The van der Waals surface area contributed by atoms with Gasteiger partial charge in [0.2, 0.25) is 0 Å².